The molecular weight excluding hydrogens is 188 g/mol. The molecular formula is C13H8O2. The highest BCUT2D eigenvalue weighted by Crippen LogP contribution is 2.59. The third kappa shape index (κ3) is 0.796. The van der Waals surface area contributed by atoms with Gasteiger partial charge >= 0.3 is 0 Å². The number of phenols is 1. The minimum atomic E-state index is 0.264. The van der Waals surface area contributed by atoms with Crippen LogP contribution in [-0.4, -0.2) is 5.11 Å². The topological polar surface area (TPSA) is 32.8 Å². The van der Waals surface area contributed by atoms with Gasteiger partial charge in [0.05, 0.1) is 0 Å². The SMILES string of the molecule is Oc1cc2c(c3c1O3)Cc1ccccc1-2. The number of phenolic OH excluding ortho intramolecular Hbond substituents is 1. The Kier molecular flexibility index (Phi) is 1.06. The Labute approximate surface area is 86.7 Å². The maximum absolute atomic E-state index is 9.64. The van der Waals surface area contributed by atoms with Crippen LogP contribution < -0.4 is 4.74 Å². The van der Waals surface area contributed by atoms with Crippen molar-refractivity contribution in [3.63, 3.8) is 0 Å². The van der Waals surface area contributed by atoms with Gasteiger partial charge in [-0.25, -0.2) is 0 Å². The van der Waals surface area contributed by atoms with Crippen LogP contribution >= 0.6 is 0 Å². The molecule has 0 saturated heterocycles. The van der Waals surface area contributed by atoms with Gasteiger partial charge < -0.3 is 9.84 Å². The molecule has 0 amide bonds. The van der Waals surface area contributed by atoms with Gasteiger partial charge in [-0.3, -0.25) is 0 Å². The Morgan fingerprint density at radius 3 is 2.87 bits per heavy atom. The van der Waals surface area contributed by atoms with E-state index in [0.717, 1.165) is 17.7 Å². The van der Waals surface area contributed by atoms with Crippen molar-refractivity contribution in [3.05, 3.63) is 41.5 Å². The van der Waals surface area contributed by atoms with Crippen LogP contribution in [0.25, 0.3) is 11.1 Å². The average molecular weight is 196 g/mol. The van der Waals surface area contributed by atoms with E-state index in [-0.39, 0.29) is 5.75 Å². The lowest BCUT2D eigenvalue weighted by Gasteiger charge is -1.98. The van der Waals surface area contributed by atoms with E-state index in [2.05, 4.69) is 12.1 Å². The largest absolute Gasteiger partial charge is 0.504 e. The van der Waals surface area contributed by atoms with E-state index >= 15 is 0 Å². The molecule has 0 saturated carbocycles. The van der Waals surface area contributed by atoms with Gasteiger partial charge in [0, 0.05) is 12.0 Å². The minimum Gasteiger partial charge on any atom is -0.504 e. The van der Waals surface area contributed by atoms with E-state index < -0.39 is 0 Å². The van der Waals surface area contributed by atoms with Gasteiger partial charge in [-0.1, -0.05) is 24.3 Å². The lowest BCUT2D eigenvalue weighted by Crippen LogP contribution is -1.76. The van der Waals surface area contributed by atoms with E-state index in [4.69, 9.17) is 4.74 Å². The van der Waals surface area contributed by atoms with Crippen LogP contribution in [0.15, 0.2) is 30.3 Å². The standard InChI is InChI=1S/C13H8O2/c14-11-6-9-8-4-2-1-3-7(8)5-10(9)12-13(11)15-12/h1-4,6,14H,5H2. The van der Waals surface area contributed by atoms with Crippen LogP contribution in [-0.2, 0) is 6.42 Å². The molecule has 72 valence electrons. The molecule has 2 aromatic rings. The zero-order valence-corrected chi connectivity index (χ0v) is 7.95. The Bertz CT molecular complexity index is 600. The second-order valence-corrected chi connectivity index (χ2v) is 4.02. The van der Waals surface area contributed by atoms with E-state index in [0.29, 0.717) is 5.75 Å². The summed E-state index contributed by atoms with van der Waals surface area (Å²) in [5.74, 6) is 1.82. The lowest BCUT2D eigenvalue weighted by molar-refractivity contribution is 0.464. The summed E-state index contributed by atoms with van der Waals surface area (Å²) in [5.41, 5.74) is 4.89. The predicted molar refractivity (Wildman–Crippen MR) is 56.4 cm³/mol. The van der Waals surface area contributed by atoms with Crippen LogP contribution in [0.2, 0.25) is 0 Å². The number of hydrogen-bond acceptors (Lipinski definition) is 2. The number of fused-ring (bicyclic) bond motifs is 5. The summed E-state index contributed by atoms with van der Waals surface area (Å²) in [6.45, 7) is 0. The van der Waals surface area contributed by atoms with Gasteiger partial charge in [0.15, 0.2) is 11.5 Å². The number of rotatable bonds is 0. The van der Waals surface area contributed by atoms with E-state index in [1.165, 1.54) is 16.7 Å². The van der Waals surface area contributed by atoms with Gasteiger partial charge in [-0.15, -0.1) is 0 Å². The summed E-state index contributed by atoms with van der Waals surface area (Å²) in [5, 5.41) is 9.64. The van der Waals surface area contributed by atoms with Gasteiger partial charge in [0.25, 0.3) is 0 Å². The average Bonchev–Trinajstić information content (AvgIpc) is 2.98. The molecule has 1 N–H and O–H groups in total. The fourth-order valence-corrected chi connectivity index (χ4v) is 2.40. The van der Waals surface area contributed by atoms with Gasteiger partial charge in [0.2, 0.25) is 5.75 Å². The first kappa shape index (κ1) is 7.35. The molecule has 1 heterocycles. The highest BCUT2D eigenvalue weighted by atomic mass is 16.6. The number of aromatic hydroxyl groups is 1. The molecule has 0 unspecified atom stereocenters. The van der Waals surface area contributed by atoms with Crippen molar-refractivity contribution in [1.82, 2.24) is 0 Å². The molecule has 2 nitrogen and oxygen atoms in total. The lowest BCUT2D eigenvalue weighted by atomic mass is 10.1. The van der Waals surface area contributed by atoms with Crippen LogP contribution in [0.1, 0.15) is 11.1 Å². The second-order valence-electron chi connectivity index (χ2n) is 4.02. The van der Waals surface area contributed by atoms with Crippen molar-refractivity contribution < 1.29 is 9.84 Å². The quantitative estimate of drug-likeness (QED) is 0.438. The van der Waals surface area contributed by atoms with E-state index in [9.17, 15) is 5.11 Å². The maximum atomic E-state index is 9.64. The Morgan fingerprint density at radius 2 is 1.93 bits per heavy atom. The molecule has 4 rings (SSSR count). The number of ether oxygens (including phenoxy) is 1. The fourth-order valence-electron chi connectivity index (χ4n) is 2.40. The maximum Gasteiger partial charge on any atom is 0.212 e. The van der Waals surface area contributed by atoms with Crippen LogP contribution in [0.3, 0.4) is 0 Å². The summed E-state index contributed by atoms with van der Waals surface area (Å²) in [4.78, 5) is 0. The highest BCUT2D eigenvalue weighted by Gasteiger charge is 2.35. The van der Waals surface area contributed by atoms with Crippen molar-refractivity contribution in [2.45, 2.75) is 6.42 Å². The molecule has 0 atom stereocenters. The summed E-state index contributed by atoms with van der Waals surface area (Å²) in [7, 11) is 0. The summed E-state index contributed by atoms with van der Waals surface area (Å²) < 4.78 is 5.29. The predicted octanol–water partition coefficient (Wildman–Crippen LogP) is 3.07. The third-order valence-corrected chi connectivity index (χ3v) is 3.16. The molecule has 0 radical (unpaired) electrons. The minimum absolute atomic E-state index is 0.264. The first-order valence-corrected chi connectivity index (χ1v) is 4.99. The second kappa shape index (κ2) is 2.16. The first-order chi connectivity index (χ1) is 7.34. The van der Waals surface area contributed by atoms with Gasteiger partial charge in [-0.2, -0.15) is 0 Å². The van der Waals surface area contributed by atoms with Gasteiger partial charge in [-0.05, 0) is 22.8 Å². The molecule has 0 aromatic heterocycles. The molecule has 2 aliphatic rings. The number of benzene rings is 2. The van der Waals surface area contributed by atoms with Crippen LogP contribution in [0, 0.1) is 0 Å². The summed E-state index contributed by atoms with van der Waals surface area (Å²) >= 11 is 0. The van der Waals surface area contributed by atoms with Crippen molar-refractivity contribution in [2.24, 2.45) is 0 Å². The molecule has 0 fully saturated rings. The third-order valence-electron chi connectivity index (χ3n) is 3.16. The molecule has 0 bridgehead atoms. The van der Waals surface area contributed by atoms with E-state index in [1.54, 1.807) is 0 Å². The molecule has 1 aliphatic heterocycles. The normalized spacial score (nSPS) is 13.9. The van der Waals surface area contributed by atoms with Crippen molar-refractivity contribution in [3.8, 4) is 28.4 Å². The summed E-state index contributed by atoms with van der Waals surface area (Å²) in [6, 6.07) is 10.1. The highest BCUT2D eigenvalue weighted by molar-refractivity contribution is 5.86. The fraction of sp³-hybridized carbons (Fsp3) is 0.0769. The van der Waals surface area contributed by atoms with Crippen LogP contribution in [0.4, 0.5) is 0 Å². The Morgan fingerprint density at radius 1 is 1.07 bits per heavy atom. The zero-order chi connectivity index (χ0) is 9.99. The first-order valence-electron chi connectivity index (χ1n) is 4.99. The zero-order valence-electron chi connectivity index (χ0n) is 7.95. The number of hydrogen-bond donors (Lipinski definition) is 1. The smallest absolute Gasteiger partial charge is 0.212 e. The molecule has 2 heteroatoms. The molecule has 1 aliphatic carbocycles. The van der Waals surface area contributed by atoms with Crippen molar-refractivity contribution in [2.75, 3.05) is 0 Å². The Balaban J connectivity index is 2.08. The molecule has 15 heavy (non-hydrogen) atoms. The summed E-state index contributed by atoms with van der Waals surface area (Å²) in [6.07, 6.45) is 0.925. The Hall–Kier alpha value is -1.96. The van der Waals surface area contributed by atoms with Gasteiger partial charge in [0.1, 0.15) is 0 Å². The molecule has 0 spiro atoms. The van der Waals surface area contributed by atoms with E-state index in [1.807, 2.05) is 18.2 Å². The monoisotopic (exact) mass is 196 g/mol. The van der Waals surface area contributed by atoms with Crippen molar-refractivity contribution >= 4 is 0 Å². The van der Waals surface area contributed by atoms with Crippen molar-refractivity contribution in [1.29, 1.82) is 0 Å². The molecule has 2 aromatic carbocycles. The van der Waals surface area contributed by atoms with Crippen LogP contribution in [0.5, 0.6) is 17.2 Å².